The molecule has 1 amide bonds. The molecule has 0 N–H and O–H groups in total. The first-order valence-electron chi connectivity index (χ1n) is 12.5. The molecule has 2 aliphatic heterocycles. The van der Waals surface area contributed by atoms with E-state index in [0.717, 1.165) is 4.90 Å². The van der Waals surface area contributed by atoms with Crippen molar-refractivity contribution in [3.63, 3.8) is 0 Å². The highest BCUT2D eigenvalue weighted by Crippen LogP contribution is 2.63. The minimum absolute atomic E-state index is 0.117. The number of nitrogens with zero attached hydrogens (tertiary/aromatic N) is 1. The SMILES string of the molecule is COC(=O)[C@@]12CC3(CC[C@]1(c1ccc(OC)c(OC)c1)N(CCSc1ccccc1)C(=O)C2=O)OCCO3. The van der Waals surface area contributed by atoms with Gasteiger partial charge in [-0.25, -0.2) is 0 Å². The number of likely N-dealkylation sites (tertiary alicyclic amines) is 1. The van der Waals surface area contributed by atoms with Gasteiger partial charge in [-0.05, 0) is 36.2 Å². The Labute approximate surface area is 225 Å². The number of Topliss-reactive ketones (excluding diaryl/α,β-unsaturated/α-hetero) is 1. The average molecular weight is 542 g/mol. The molecule has 9 nitrogen and oxygen atoms in total. The molecule has 5 rings (SSSR count). The molecule has 0 bridgehead atoms. The maximum atomic E-state index is 14.0. The molecule has 2 aromatic rings. The molecule has 3 aliphatic rings. The summed E-state index contributed by atoms with van der Waals surface area (Å²) < 4.78 is 28.2. The van der Waals surface area contributed by atoms with Gasteiger partial charge in [0.25, 0.3) is 5.91 Å². The third-order valence-corrected chi connectivity index (χ3v) is 8.92. The van der Waals surface area contributed by atoms with E-state index in [1.54, 1.807) is 34.9 Å². The quantitative estimate of drug-likeness (QED) is 0.216. The van der Waals surface area contributed by atoms with Crippen LogP contribution in [0.25, 0.3) is 0 Å². The maximum absolute atomic E-state index is 14.0. The lowest BCUT2D eigenvalue weighted by Crippen LogP contribution is -2.63. The Bertz CT molecular complexity index is 1230. The molecule has 202 valence electrons. The van der Waals surface area contributed by atoms with E-state index in [1.807, 2.05) is 30.3 Å². The number of carbonyl (C=O) groups is 3. The van der Waals surface area contributed by atoms with E-state index in [0.29, 0.717) is 42.4 Å². The molecule has 1 spiro atoms. The predicted molar refractivity (Wildman–Crippen MR) is 138 cm³/mol. The number of benzene rings is 2. The van der Waals surface area contributed by atoms with Crippen LogP contribution in [0.2, 0.25) is 0 Å². The average Bonchev–Trinajstić information content (AvgIpc) is 3.48. The number of thioether (sulfide) groups is 1. The first-order valence-corrected chi connectivity index (χ1v) is 13.5. The monoisotopic (exact) mass is 541 g/mol. The fraction of sp³-hybridized carbons (Fsp3) is 0.464. The van der Waals surface area contributed by atoms with Crippen molar-refractivity contribution in [2.75, 3.05) is 46.8 Å². The minimum Gasteiger partial charge on any atom is -0.493 e. The minimum atomic E-state index is -1.86. The second kappa shape index (κ2) is 10.2. The molecule has 0 unspecified atom stereocenters. The largest absolute Gasteiger partial charge is 0.493 e. The Morgan fingerprint density at radius 1 is 0.974 bits per heavy atom. The van der Waals surface area contributed by atoms with Crippen molar-refractivity contribution in [1.82, 2.24) is 4.90 Å². The molecule has 2 atom stereocenters. The van der Waals surface area contributed by atoms with Crippen LogP contribution in [-0.4, -0.2) is 75.2 Å². The zero-order valence-corrected chi connectivity index (χ0v) is 22.5. The highest BCUT2D eigenvalue weighted by atomic mass is 32.2. The summed E-state index contributed by atoms with van der Waals surface area (Å²) in [6.45, 7) is 0.937. The smallest absolute Gasteiger partial charge is 0.322 e. The van der Waals surface area contributed by atoms with E-state index in [4.69, 9.17) is 23.7 Å². The summed E-state index contributed by atoms with van der Waals surface area (Å²) in [6, 6.07) is 15.1. The van der Waals surface area contributed by atoms with E-state index in [2.05, 4.69) is 0 Å². The van der Waals surface area contributed by atoms with Crippen LogP contribution in [0.1, 0.15) is 24.8 Å². The maximum Gasteiger partial charge on any atom is 0.322 e. The molecule has 0 aromatic heterocycles. The second-order valence-corrected chi connectivity index (χ2v) is 10.7. The van der Waals surface area contributed by atoms with Gasteiger partial charge in [0.2, 0.25) is 5.78 Å². The van der Waals surface area contributed by atoms with E-state index < -0.39 is 34.4 Å². The molecule has 10 heteroatoms. The first-order chi connectivity index (χ1) is 18.4. The van der Waals surface area contributed by atoms with Crippen LogP contribution in [-0.2, 0) is 34.1 Å². The third-order valence-electron chi connectivity index (χ3n) is 7.93. The van der Waals surface area contributed by atoms with Crippen LogP contribution < -0.4 is 9.47 Å². The lowest BCUT2D eigenvalue weighted by molar-refractivity contribution is -0.229. The number of hydrogen-bond donors (Lipinski definition) is 0. The Kier molecular flexibility index (Phi) is 7.15. The summed E-state index contributed by atoms with van der Waals surface area (Å²) in [5, 5.41) is 0. The van der Waals surface area contributed by atoms with Crippen LogP contribution in [0.3, 0.4) is 0 Å². The highest BCUT2D eigenvalue weighted by molar-refractivity contribution is 7.99. The molecule has 1 aliphatic carbocycles. The van der Waals surface area contributed by atoms with E-state index in [1.165, 1.54) is 21.3 Å². The Hall–Kier alpha value is -3.08. The van der Waals surface area contributed by atoms with Crippen molar-refractivity contribution < 1.29 is 38.1 Å². The van der Waals surface area contributed by atoms with Crippen molar-refractivity contribution in [1.29, 1.82) is 0 Å². The van der Waals surface area contributed by atoms with Crippen LogP contribution >= 0.6 is 11.8 Å². The topological polar surface area (TPSA) is 101 Å². The second-order valence-electron chi connectivity index (χ2n) is 9.56. The normalized spacial score (nSPS) is 25.9. The number of amides is 1. The number of fused-ring (bicyclic) bond motifs is 1. The van der Waals surface area contributed by atoms with Gasteiger partial charge in [0, 0.05) is 30.0 Å². The van der Waals surface area contributed by atoms with Crippen molar-refractivity contribution in [2.24, 2.45) is 5.41 Å². The van der Waals surface area contributed by atoms with Crippen molar-refractivity contribution in [3.8, 4) is 11.5 Å². The summed E-state index contributed by atoms with van der Waals surface area (Å²) in [6.07, 6.45) is 0.530. The highest BCUT2D eigenvalue weighted by Gasteiger charge is 2.77. The molecule has 2 aromatic carbocycles. The van der Waals surface area contributed by atoms with Gasteiger partial charge in [0.15, 0.2) is 22.7 Å². The molecule has 2 heterocycles. The third kappa shape index (κ3) is 3.88. The summed E-state index contributed by atoms with van der Waals surface area (Å²) >= 11 is 1.57. The van der Waals surface area contributed by atoms with Crippen LogP contribution in [0, 0.1) is 5.41 Å². The molecule has 38 heavy (non-hydrogen) atoms. The van der Waals surface area contributed by atoms with Gasteiger partial charge in [-0.2, -0.15) is 0 Å². The van der Waals surface area contributed by atoms with Crippen LogP contribution in [0.15, 0.2) is 53.4 Å². The standard InChI is InChI=1S/C28H31NO8S/c1-33-21-10-9-19(17-22(21)34-2)28-12-11-26(36-14-15-37-26)18-27(28,25(32)35-3)23(30)24(31)29(28)13-16-38-20-7-5-4-6-8-20/h4-10,17H,11-16,18H2,1-3H3/t27-,28+/m0/s1. The Morgan fingerprint density at radius 3 is 2.34 bits per heavy atom. The van der Waals surface area contributed by atoms with E-state index in [9.17, 15) is 14.4 Å². The summed E-state index contributed by atoms with van der Waals surface area (Å²) in [4.78, 5) is 44.2. The molecular weight excluding hydrogens is 510 g/mol. The Balaban J connectivity index is 1.65. The fourth-order valence-corrected chi connectivity index (χ4v) is 7.15. The van der Waals surface area contributed by atoms with Gasteiger partial charge in [-0.3, -0.25) is 14.4 Å². The zero-order chi connectivity index (χ0) is 27.0. The lowest BCUT2D eigenvalue weighted by Gasteiger charge is -2.53. The van der Waals surface area contributed by atoms with Crippen molar-refractivity contribution in [3.05, 3.63) is 54.1 Å². The van der Waals surface area contributed by atoms with E-state index >= 15 is 0 Å². The van der Waals surface area contributed by atoms with Gasteiger partial charge in [0.1, 0.15) is 0 Å². The van der Waals surface area contributed by atoms with Gasteiger partial charge in [-0.1, -0.05) is 24.3 Å². The summed E-state index contributed by atoms with van der Waals surface area (Å²) in [5.74, 6) is -1.99. The number of esters is 1. The number of hydrogen-bond acceptors (Lipinski definition) is 9. The lowest BCUT2D eigenvalue weighted by atomic mass is 9.56. The van der Waals surface area contributed by atoms with Crippen molar-refractivity contribution in [2.45, 2.75) is 35.5 Å². The number of rotatable bonds is 8. The fourth-order valence-electron chi connectivity index (χ4n) is 6.29. The number of carbonyl (C=O) groups excluding carboxylic acids is 3. The molecule has 1 saturated carbocycles. The zero-order valence-electron chi connectivity index (χ0n) is 21.7. The van der Waals surface area contributed by atoms with Gasteiger partial charge >= 0.3 is 5.97 Å². The summed E-state index contributed by atoms with van der Waals surface area (Å²) in [7, 11) is 4.28. The van der Waals surface area contributed by atoms with Gasteiger partial charge in [-0.15, -0.1) is 11.8 Å². The van der Waals surface area contributed by atoms with Crippen molar-refractivity contribution >= 4 is 29.4 Å². The summed E-state index contributed by atoms with van der Waals surface area (Å²) in [5.41, 5.74) is -2.60. The molecule has 2 saturated heterocycles. The van der Waals surface area contributed by atoms with Gasteiger partial charge < -0.3 is 28.6 Å². The molecular formula is C28H31NO8S. The number of ketones is 1. The molecule has 3 fully saturated rings. The van der Waals surface area contributed by atoms with Crippen LogP contribution in [0.4, 0.5) is 0 Å². The molecule has 0 radical (unpaired) electrons. The predicted octanol–water partition coefficient (Wildman–Crippen LogP) is 3.19. The first kappa shape index (κ1) is 26.5. The van der Waals surface area contributed by atoms with E-state index in [-0.39, 0.29) is 19.4 Å². The Morgan fingerprint density at radius 2 is 1.68 bits per heavy atom. The van der Waals surface area contributed by atoms with Gasteiger partial charge in [0.05, 0.1) is 40.1 Å². The number of methoxy groups -OCH3 is 3. The van der Waals surface area contributed by atoms with Crippen LogP contribution in [0.5, 0.6) is 11.5 Å². The number of ether oxygens (including phenoxy) is 5.